The number of rotatable bonds is 8. The lowest BCUT2D eigenvalue weighted by Gasteiger charge is -2.53. The summed E-state index contributed by atoms with van der Waals surface area (Å²) in [5.74, 6) is 0.863. The van der Waals surface area contributed by atoms with Gasteiger partial charge in [0.15, 0.2) is 0 Å². The third-order valence-corrected chi connectivity index (χ3v) is 8.45. The molecule has 0 atom stereocenters. The summed E-state index contributed by atoms with van der Waals surface area (Å²) in [7, 11) is 0. The van der Waals surface area contributed by atoms with Crippen molar-refractivity contribution in [2.24, 2.45) is 5.41 Å². The molecule has 4 aromatic heterocycles. The summed E-state index contributed by atoms with van der Waals surface area (Å²) < 4.78 is 1.96. The first-order valence-corrected chi connectivity index (χ1v) is 14.0. The van der Waals surface area contributed by atoms with E-state index in [0.717, 1.165) is 61.2 Å². The number of hydrogen-bond acceptors (Lipinski definition) is 8. The average molecular weight is 539 g/mol. The highest BCUT2D eigenvalue weighted by molar-refractivity contribution is 5.92. The van der Waals surface area contributed by atoms with Gasteiger partial charge >= 0.3 is 0 Å². The van der Waals surface area contributed by atoms with Crippen LogP contribution in [0.15, 0.2) is 43.2 Å². The van der Waals surface area contributed by atoms with E-state index < -0.39 is 0 Å². The van der Waals surface area contributed by atoms with E-state index in [1.165, 1.54) is 0 Å². The number of piperazine rings is 1. The van der Waals surface area contributed by atoms with Gasteiger partial charge in [-0.2, -0.15) is 10.4 Å². The molecule has 2 aliphatic rings. The Morgan fingerprint density at radius 1 is 1.18 bits per heavy atom. The first-order valence-electron chi connectivity index (χ1n) is 14.0. The van der Waals surface area contributed by atoms with Crippen LogP contribution < -0.4 is 0 Å². The molecule has 1 saturated heterocycles. The zero-order valence-electron chi connectivity index (χ0n) is 23.0. The van der Waals surface area contributed by atoms with Gasteiger partial charge in [0.05, 0.1) is 18.0 Å². The third kappa shape index (κ3) is 5.07. The maximum Gasteiger partial charge on any atom is 0.272 e. The number of hydrogen-bond donors (Lipinski definition) is 1. The summed E-state index contributed by atoms with van der Waals surface area (Å²) >= 11 is 0. The second kappa shape index (κ2) is 10.8. The fraction of sp³-hybridized carbons (Fsp3) is 0.483. The number of nitrogens with zero attached hydrogens (tertiary/aromatic N) is 9. The first-order chi connectivity index (χ1) is 19.4. The van der Waals surface area contributed by atoms with E-state index >= 15 is 0 Å². The predicted octanol–water partition coefficient (Wildman–Crippen LogP) is 3.65. The van der Waals surface area contributed by atoms with Crippen molar-refractivity contribution in [2.75, 3.05) is 26.2 Å². The molecule has 5 heterocycles. The van der Waals surface area contributed by atoms with Gasteiger partial charge in [-0.15, -0.1) is 0 Å². The zero-order chi connectivity index (χ0) is 27.7. The van der Waals surface area contributed by atoms with E-state index in [9.17, 15) is 10.1 Å². The topological polar surface area (TPSA) is 133 Å². The van der Waals surface area contributed by atoms with Crippen LogP contribution in [-0.2, 0) is 6.54 Å². The Morgan fingerprint density at radius 3 is 2.77 bits per heavy atom. The van der Waals surface area contributed by atoms with Crippen molar-refractivity contribution in [1.82, 2.24) is 44.5 Å². The normalized spacial score (nSPS) is 21.4. The zero-order valence-corrected chi connectivity index (χ0v) is 23.0. The van der Waals surface area contributed by atoms with Gasteiger partial charge in [0, 0.05) is 80.6 Å². The summed E-state index contributed by atoms with van der Waals surface area (Å²) in [6.45, 7) is 7.88. The number of aromatic amines is 1. The molecule has 1 N–H and O–H groups in total. The average Bonchev–Trinajstić information content (AvgIpc) is 3.64. The molecule has 6 rings (SSSR count). The van der Waals surface area contributed by atoms with Crippen LogP contribution in [0, 0.1) is 16.7 Å². The maximum absolute atomic E-state index is 13.0. The first kappa shape index (κ1) is 26.1. The van der Waals surface area contributed by atoms with Gasteiger partial charge in [0.25, 0.3) is 5.91 Å². The molecular weight excluding hydrogens is 504 g/mol. The molecule has 11 heteroatoms. The molecule has 1 amide bonds. The van der Waals surface area contributed by atoms with E-state index in [4.69, 9.17) is 0 Å². The fourth-order valence-electron chi connectivity index (χ4n) is 6.09. The van der Waals surface area contributed by atoms with Crippen LogP contribution in [0.3, 0.4) is 0 Å². The quantitative estimate of drug-likeness (QED) is 0.360. The monoisotopic (exact) mass is 538 g/mol. The highest BCUT2D eigenvalue weighted by Gasteiger charge is 2.46. The molecule has 40 heavy (non-hydrogen) atoms. The lowest BCUT2D eigenvalue weighted by molar-refractivity contribution is -0.0243. The van der Waals surface area contributed by atoms with Gasteiger partial charge in [0.1, 0.15) is 23.5 Å². The van der Waals surface area contributed by atoms with E-state index in [-0.39, 0.29) is 17.2 Å². The van der Waals surface area contributed by atoms with Crippen LogP contribution in [-0.4, -0.2) is 82.6 Å². The molecule has 206 valence electrons. The molecule has 1 saturated carbocycles. The van der Waals surface area contributed by atoms with Crippen molar-refractivity contribution in [2.45, 2.75) is 58.0 Å². The Hall–Kier alpha value is -4.17. The largest absolute Gasteiger partial charge is 0.346 e. The molecule has 1 aliphatic carbocycles. The van der Waals surface area contributed by atoms with Crippen LogP contribution in [0.4, 0.5) is 0 Å². The third-order valence-electron chi connectivity index (χ3n) is 8.45. The molecule has 1 aliphatic heterocycles. The van der Waals surface area contributed by atoms with Crippen molar-refractivity contribution in [3.8, 4) is 17.3 Å². The Balaban J connectivity index is 1.03. The standard InChI is InChI=1S/C29H34N10O/c1-20(2)26-31-9-4-24(36-26)28(40)38-13-11-37(12-14-38)22-15-29(16-22,5-7-30)6-10-39-18-21(17-35-39)25-23-3-8-32-27(23)34-19-33-25/h3-4,8-9,17-20,22H,5-6,10-16H2,1-2H3,(H,32,33,34). The highest BCUT2D eigenvalue weighted by atomic mass is 16.2. The number of carbonyl (C=O) groups excluding carboxylic acids is 1. The molecular formula is C29H34N10O. The van der Waals surface area contributed by atoms with Gasteiger partial charge in [0.2, 0.25) is 0 Å². The lowest BCUT2D eigenvalue weighted by atomic mass is 9.61. The Morgan fingerprint density at radius 2 is 2.00 bits per heavy atom. The summed E-state index contributed by atoms with van der Waals surface area (Å²) in [5, 5.41) is 15.2. The number of nitrogens with one attached hydrogen (secondary N) is 1. The fourth-order valence-corrected chi connectivity index (χ4v) is 6.09. The Bertz CT molecular complexity index is 1540. The summed E-state index contributed by atoms with van der Waals surface area (Å²) in [4.78, 5) is 38.1. The van der Waals surface area contributed by atoms with Gasteiger partial charge < -0.3 is 9.88 Å². The Kier molecular flexibility index (Phi) is 7.02. The van der Waals surface area contributed by atoms with Crippen molar-refractivity contribution in [3.05, 3.63) is 54.8 Å². The minimum atomic E-state index is -0.0193. The van der Waals surface area contributed by atoms with E-state index in [2.05, 4.69) is 41.0 Å². The van der Waals surface area contributed by atoms with Crippen LogP contribution in [0.2, 0.25) is 0 Å². The van der Waals surface area contributed by atoms with Crippen molar-refractivity contribution >= 4 is 16.9 Å². The second-order valence-corrected chi connectivity index (χ2v) is 11.4. The summed E-state index contributed by atoms with van der Waals surface area (Å²) in [6.07, 6.45) is 12.5. The minimum absolute atomic E-state index is 0.00944. The van der Waals surface area contributed by atoms with E-state index in [1.807, 2.05) is 48.1 Å². The van der Waals surface area contributed by atoms with Gasteiger partial charge in [-0.05, 0) is 36.8 Å². The molecule has 0 radical (unpaired) electrons. The smallest absolute Gasteiger partial charge is 0.272 e. The van der Waals surface area contributed by atoms with Crippen LogP contribution in [0.25, 0.3) is 22.3 Å². The van der Waals surface area contributed by atoms with Crippen molar-refractivity contribution < 1.29 is 4.79 Å². The summed E-state index contributed by atoms with van der Waals surface area (Å²) in [6, 6.07) is 6.58. The molecule has 11 nitrogen and oxygen atoms in total. The predicted molar refractivity (Wildman–Crippen MR) is 149 cm³/mol. The maximum atomic E-state index is 13.0. The number of fused-ring (bicyclic) bond motifs is 1. The van der Waals surface area contributed by atoms with Crippen LogP contribution >= 0.6 is 0 Å². The van der Waals surface area contributed by atoms with Crippen LogP contribution in [0.1, 0.15) is 61.8 Å². The molecule has 0 unspecified atom stereocenters. The van der Waals surface area contributed by atoms with E-state index in [0.29, 0.717) is 37.1 Å². The number of aromatic nitrogens is 7. The molecule has 0 spiro atoms. The van der Waals surface area contributed by atoms with E-state index in [1.54, 1.807) is 18.6 Å². The van der Waals surface area contributed by atoms with Gasteiger partial charge in [-0.25, -0.2) is 19.9 Å². The number of H-pyrrole nitrogens is 1. The number of aryl methyl sites for hydroxylation is 1. The highest BCUT2D eigenvalue weighted by Crippen LogP contribution is 2.49. The second-order valence-electron chi connectivity index (χ2n) is 11.4. The van der Waals surface area contributed by atoms with Crippen molar-refractivity contribution in [3.63, 3.8) is 0 Å². The summed E-state index contributed by atoms with van der Waals surface area (Å²) in [5.41, 5.74) is 3.12. The molecule has 0 aromatic carbocycles. The minimum Gasteiger partial charge on any atom is -0.346 e. The SMILES string of the molecule is CC(C)c1nccc(C(=O)N2CCN(C3CC(CC#N)(CCn4cc(-c5ncnc6[nH]ccc56)cn4)C3)CC2)n1. The van der Waals surface area contributed by atoms with Gasteiger partial charge in [-0.1, -0.05) is 13.8 Å². The van der Waals surface area contributed by atoms with Crippen LogP contribution in [0.5, 0.6) is 0 Å². The lowest BCUT2D eigenvalue weighted by Crippen LogP contribution is -2.58. The number of nitriles is 1. The van der Waals surface area contributed by atoms with Gasteiger partial charge in [-0.3, -0.25) is 14.4 Å². The molecule has 0 bridgehead atoms. The molecule has 4 aromatic rings. The number of carbonyl (C=O) groups is 1. The Labute approximate surface area is 233 Å². The van der Waals surface area contributed by atoms with Crippen molar-refractivity contribution in [1.29, 1.82) is 5.26 Å². The number of amides is 1. The molecule has 2 fully saturated rings.